The molecule has 3 rings (SSSR count). The van der Waals surface area contributed by atoms with Gasteiger partial charge in [-0.25, -0.2) is 4.98 Å². The Labute approximate surface area is 140 Å². The van der Waals surface area contributed by atoms with Gasteiger partial charge < -0.3 is 10.1 Å². The highest BCUT2D eigenvalue weighted by atomic mass is 32.1. The molecule has 0 bridgehead atoms. The van der Waals surface area contributed by atoms with Crippen LogP contribution < -0.4 is 10.1 Å². The Bertz CT molecular complexity index is 665. The first kappa shape index (κ1) is 16.0. The zero-order chi connectivity index (χ0) is 16.1. The second-order valence-corrected chi connectivity index (χ2v) is 6.62. The molecule has 0 radical (unpaired) electrons. The van der Waals surface area contributed by atoms with E-state index in [1.807, 2.05) is 23.6 Å². The fraction of sp³-hybridized carbons (Fsp3) is 0.412. The zero-order valence-electron chi connectivity index (χ0n) is 13.2. The first-order valence-electron chi connectivity index (χ1n) is 7.82. The summed E-state index contributed by atoms with van der Waals surface area (Å²) in [6, 6.07) is 7.35. The van der Waals surface area contributed by atoms with E-state index >= 15 is 0 Å². The lowest BCUT2D eigenvalue weighted by Gasteiger charge is -2.11. The molecule has 1 aromatic heterocycles. The van der Waals surface area contributed by atoms with Crippen molar-refractivity contribution in [2.45, 2.75) is 25.8 Å². The minimum atomic E-state index is -0.0590. The van der Waals surface area contributed by atoms with E-state index in [0.29, 0.717) is 6.42 Å². The van der Waals surface area contributed by atoms with Crippen LogP contribution >= 0.6 is 11.3 Å². The van der Waals surface area contributed by atoms with Crippen molar-refractivity contribution >= 4 is 22.9 Å². The van der Waals surface area contributed by atoms with Crippen LogP contribution in [-0.2, 0) is 17.8 Å². The summed E-state index contributed by atoms with van der Waals surface area (Å²) in [5.41, 5.74) is 1.58. The molecule has 1 saturated heterocycles. The number of amides is 1. The molecule has 122 valence electrons. The van der Waals surface area contributed by atoms with Crippen molar-refractivity contribution in [1.82, 2.24) is 9.88 Å². The quantitative estimate of drug-likeness (QED) is 0.884. The molecule has 6 heteroatoms. The number of carbonyl (C=O) groups is 1. The number of methoxy groups -OCH3 is 1. The van der Waals surface area contributed by atoms with Gasteiger partial charge in [-0.1, -0.05) is 6.07 Å². The maximum atomic E-state index is 12.1. The molecule has 2 heterocycles. The molecular formula is C17H21N3O2S. The molecule has 1 aliphatic heterocycles. The molecule has 0 atom stereocenters. The average Bonchev–Trinajstić information content (AvgIpc) is 3.20. The van der Waals surface area contributed by atoms with Crippen LogP contribution in [0.5, 0.6) is 5.75 Å². The number of aromatic nitrogens is 1. The molecule has 0 unspecified atom stereocenters. The molecule has 1 aliphatic rings. The highest BCUT2D eigenvalue weighted by molar-refractivity contribution is 7.09. The number of likely N-dealkylation sites (tertiary alicyclic amines) is 1. The fourth-order valence-electron chi connectivity index (χ4n) is 2.71. The largest absolute Gasteiger partial charge is 0.497 e. The van der Waals surface area contributed by atoms with Crippen LogP contribution in [0.4, 0.5) is 5.69 Å². The Kier molecular flexibility index (Phi) is 5.25. The number of thiazole rings is 1. The average molecular weight is 331 g/mol. The van der Waals surface area contributed by atoms with Gasteiger partial charge in [-0.3, -0.25) is 9.69 Å². The van der Waals surface area contributed by atoms with E-state index in [1.54, 1.807) is 24.5 Å². The van der Waals surface area contributed by atoms with E-state index in [-0.39, 0.29) is 5.91 Å². The van der Waals surface area contributed by atoms with Crippen LogP contribution in [-0.4, -0.2) is 36.0 Å². The number of hydrogen-bond donors (Lipinski definition) is 1. The van der Waals surface area contributed by atoms with Gasteiger partial charge >= 0.3 is 0 Å². The summed E-state index contributed by atoms with van der Waals surface area (Å²) in [4.78, 5) is 19.1. The van der Waals surface area contributed by atoms with Gasteiger partial charge in [0.15, 0.2) is 0 Å². The van der Waals surface area contributed by atoms with Crippen LogP contribution in [0, 0.1) is 0 Å². The summed E-state index contributed by atoms with van der Waals surface area (Å²) in [6.45, 7) is 3.22. The van der Waals surface area contributed by atoms with E-state index in [2.05, 4.69) is 15.2 Å². The fourth-order valence-corrected chi connectivity index (χ4v) is 3.54. The number of nitrogens with zero attached hydrogens (tertiary/aromatic N) is 2. The molecule has 2 aromatic rings. The molecule has 1 N–H and O–H groups in total. The predicted molar refractivity (Wildman–Crippen MR) is 92.0 cm³/mol. The summed E-state index contributed by atoms with van der Waals surface area (Å²) < 4.78 is 5.15. The SMILES string of the molecule is COc1cccc(NC(=O)Cc2csc(CN3CCCC3)n2)c1. The van der Waals surface area contributed by atoms with E-state index in [9.17, 15) is 4.79 Å². The lowest BCUT2D eigenvalue weighted by molar-refractivity contribution is -0.115. The minimum Gasteiger partial charge on any atom is -0.497 e. The highest BCUT2D eigenvalue weighted by Crippen LogP contribution is 2.18. The standard InChI is InChI=1S/C17H21N3O2S/c1-22-15-6-4-5-13(9-15)18-16(21)10-14-12-23-17(19-14)11-20-7-2-3-8-20/h4-6,9,12H,2-3,7-8,10-11H2,1H3,(H,18,21). The van der Waals surface area contributed by atoms with Gasteiger partial charge in [-0.05, 0) is 38.1 Å². The molecule has 23 heavy (non-hydrogen) atoms. The van der Waals surface area contributed by atoms with Gasteiger partial charge in [-0.15, -0.1) is 11.3 Å². The van der Waals surface area contributed by atoms with Crippen LogP contribution in [0.25, 0.3) is 0 Å². The Morgan fingerprint density at radius 1 is 1.39 bits per heavy atom. The number of carbonyl (C=O) groups excluding carboxylic acids is 1. The molecule has 0 saturated carbocycles. The van der Waals surface area contributed by atoms with Crippen LogP contribution in [0.15, 0.2) is 29.6 Å². The third-order valence-electron chi connectivity index (χ3n) is 3.85. The summed E-state index contributed by atoms with van der Waals surface area (Å²) in [6.07, 6.45) is 2.86. The number of rotatable bonds is 6. The van der Waals surface area contributed by atoms with Gasteiger partial charge in [0.1, 0.15) is 10.8 Å². The molecule has 0 spiro atoms. The van der Waals surface area contributed by atoms with Gasteiger partial charge in [0, 0.05) is 17.1 Å². The molecule has 1 amide bonds. The summed E-state index contributed by atoms with van der Waals surface area (Å²) >= 11 is 1.64. The van der Waals surface area contributed by atoms with Gasteiger partial charge in [0.25, 0.3) is 0 Å². The summed E-state index contributed by atoms with van der Waals surface area (Å²) in [7, 11) is 1.61. The Morgan fingerprint density at radius 3 is 3.00 bits per heavy atom. The lowest BCUT2D eigenvalue weighted by atomic mass is 10.2. The van der Waals surface area contributed by atoms with Crippen molar-refractivity contribution in [2.75, 3.05) is 25.5 Å². The third kappa shape index (κ3) is 4.53. The van der Waals surface area contributed by atoms with E-state index < -0.39 is 0 Å². The summed E-state index contributed by atoms with van der Waals surface area (Å²) in [5, 5.41) is 5.96. The molecule has 1 fully saturated rings. The van der Waals surface area contributed by atoms with E-state index in [0.717, 1.165) is 41.8 Å². The number of ether oxygens (including phenoxy) is 1. The second kappa shape index (κ2) is 7.57. The maximum Gasteiger partial charge on any atom is 0.230 e. The number of benzene rings is 1. The number of anilines is 1. The smallest absolute Gasteiger partial charge is 0.230 e. The van der Waals surface area contributed by atoms with Crippen molar-refractivity contribution < 1.29 is 9.53 Å². The van der Waals surface area contributed by atoms with Gasteiger partial charge in [0.2, 0.25) is 5.91 Å². The number of nitrogens with one attached hydrogen (secondary N) is 1. The Hall–Kier alpha value is -1.92. The predicted octanol–water partition coefficient (Wildman–Crippen LogP) is 2.93. The van der Waals surface area contributed by atoms with Crippen molar-refractivity contribution in [3.05, 3.63) is 40.3 Å². The topological polar surface area (TPSA) is 54.5 Å². The summed E-state index contributed by atoms with van der Waals surface area (Å²) in [5.74, 6) is 0.667. The first-order valence-corrected chi connectivity index (χ1v) is 8.70. The first-order chi connectivity index (χ1) is 11.2. The highest BCUT2D eigenvalue weighted by Gasteiger charge is 2.14. The van der Waals surface area contributed by atoms with Gasteiger partial charge in [-0.2, -0.15) is 0 Å². The molecule has 0 aliphatic carbocycles. The third-order valence-corrected chi connectivity index (χ3v) is 4.73. The van der Waals surface area contributed by atoms with Crippen molar-refractivity contribution in [1.29, 1.82) is 0 Å². The van der Waals surface area contributed by atoms with Crippen molar-refractivity contribution in [3.63, 3.8) is 0 Å². The molecule has 5 nitrogen and oxygen atoms in total. The normalized spacial score (nSPS) is 14.8. The minimum absolute atomic E-state index is 0.0590. The molecular weight excluding hydrogens is 310 g/mol. The van der Waals surface area contributed by atoms with Crippen molar-refractivity contribution in [3.8, 4) is 5.75 Å². The Morgan fingerprint density at radius 2 is 2.22 bits per heavy atom. The van der Waals surface area contributed by atoms with Gasteiger partial charge in [0.05, 0.1) is 25.8 Å². The zero-order valence-corrected chi connectivity index (χ0v) is 14.1. The Balaban J connectivity index is 1.54. The maximum absolute atomic E-state index is 12.1. The van der Waals surface area contributed by atoms with Crippen LogP contribution in [0.3, 0.4) is 0 Å². The van der Waals surface area contributed by atoms with Crippen molar-refractivity contribution in [2.24, 2.45) is 0 Å². The van der Waals surface area contributed by atoms with E-state index in [1.165, 1.54) is 12.8 Å². The second-order valence-electron chi connectivity index (χ2n) is 5.67. The van der Waals surface area contributed by atoms with Crippen LogP contribution in [0.1, 0.15) is 23.5 Å². The van der Waals surface area contributed by atoms with E-state index in [4.69, 9.17) is 4.74 Å². The lowest BCUT2D eigenvalue weighted by Crippen LogP contribution is -2.18. The number of hydrogen-bond acceptors (Lipinski definition) is 5. The van der Waals surface area contributed by atoms with Crippen LogP contribution in [0.2, 0.25) is 0 Å². The monoisotopic (exact) mass is 331 g/mol. The molecule has 1 aromatic carbocycles.